The zero-order chi connectivity index (χ0) is 40.1. The van der Waals surface area contributed by atoms with Gasteiger partial charge in [0.1, 0.15) is 36.6 Å². The summed E-state index contributed by atoms with van der Waals surface area (Å²) in [6, 6.07) is 0. The molecule has 31 heteroatoms. The standard InChI is InChI=1S/C23H37N10O17P3S/c1-31(2)11-17(28-23(25)30-19(11)38)32(3)21-15(44-4)13(35)9(48-21)6-46-52(41,42)50-53(43,54)49-51(39,40)45-5-8-12(34)14(36)20(47-8)33-7-26-10-16(33)27-22(24)29-18(10)37/h7-9,12-15,20-21,34-36H,5-6H2,1-4H3,(H,39,40)(H,41,42)(H,43,54)(H3,24,27,29,37)(H3,25,28,30,38)/p+1. The van der Waals surface area contributed by atoms with Crippen LogP contribution in [-0.2, 0) is 52.8 Å². The molecule has 2 aliphatic rings. The van der Waals surface area contributed by atoms with Gasteiger partial charge in [-0.25, -0.2) is 22.7 Å². The molecule has 2 fully saturated rings. The van der Waals surface area contributed by atoms with Crippen LogP contribution < -0.4 is 32.4 Å². The van der Waals surface area contributed by atoms with E-state index in [-0.39, 0.29) is 34.6 Å². The van der Waals surface area contributed by atoms with Gasteiger partial charge in [-0.15, -0.1) is 0 Å². The van der Waals surface area contributed by atoms with Gasteiger partial charge in [0.2, 0.25) is 23.4 Å². The number of nitrogens with two attached hydrogens (primary N) is 2. The van der Waals surface area contributed by atoms with Crippen molar-refractivity contribution in [1.82, 2.24) is 29.5 Å². The van der Waals surface area contributed by atoms with Crippen molar-refractivity contribution >= 4 is 68.7 Å². The summed E-state index contributed by atoms with van der Waals surface area (Å²) >= 11 is 4.61. The number of nitrogen functional groups attached to an aromatic ring is 2. The first-order valence-electron chi connectivity index (χ1n) is 15.3. The Bertz CT molecular complexity index is 2120. The number of rotatable bonds is 15. The summed E-state index contributed by atoms with van der Waals surface area (Å²) in [4.78, 5) is 74.1. The van der Waals surface area contributed by atoms with Crippen molar-refractivity contribution in [2.45, 2.75) is 49.1 Å². The fourth-order valence-electron chi connectivity index (χ4n) is 5.61. The second-order valence-corrected chi connectivity index (χ2v) is 18.0. The van der Waals surface area contributed by atoms with E-state index in [2.05, 4.69) is 45.3 Å². The van der Waals surface area contributed by atoms with Crippen LogP contribution in [0.25, 0.3) is 11.2 Å². The van der Waals surface area contributed by atoms with Gasteiger partial charge in [0.25, 0.3) is 5.56 Å². The summed E-state index contributed by atoms with van der Waals surface area (Å²) in [6.07, 6.45) is -10.6. The Kier molecular flexibility index (Phi) is 12.5. The molecule has 54 heavy (non-hydrogen) atoms. The number of aromatic nitrogens is 6. The van der Waals surface area contributed by atoms with Gasteiger partial charge in [-0.1, -0.05) is 0 Å². The fraction of sp³-hybridized carbons (Fsp3) is 0.609. The quantitative estimate of drug-likeness (QED) is 0.0642. The first-order chi connectivity index (χ1) is 25.0. The number of fused-ring (bicyclic) bond motifs is 1. The van der Waals surface area contributed by atoms with Crippen molar-refractivity contribution in [2.75, 3.05) is 57.8 Å². The second-order valence-electron chi connectivity index (χ2n) is 12.0. The van der Waals surface area contributed by atoms with Crippen molar-refractivity contribution < 1.29 is 75.9 Å². The number of anilines is 3. The fourth-order valence-corrected chi connectivity index (χ4v) is 10.6. The van der Waals surface area contributed by atoms with E-state index in [1.165, 1.54) is 19.1 Å². The Hall–Kier alpha value is -2.82. The minimum atomic E-state index is -5.47. The highest BCUT2D eigenvalue weighted by Crippen LogP contribution is 2.68. The highest BCUT2D eigenvalue weighted by Gasteiger charge is 2.49. The minimum Gasteiger partial charge on any atom is -0.387 e. The van der Waals surface area contributed by atoms with Crippen LogP contribution in [0.4, 0.5) is 23.4 Å². The van der Waals surface area contributed by atoms with Gasteiger partial charge in [0.05, 0.1) is 33.6 Å². The van der Waals surface area contributed by atoms with Gasteiger partial charge in [0, 0.05) is 14.2 Å². The number of hydrogen-bond acceptors (Lipinski definition) is 21. The molecule has 0 radical (unpaired) electrons. The highest BCUT2D eigenvalue weighted by molar-refractivity contribution is 8.09. The van der Waals surface area contributed by atoms with Crippen molar-refractivity contribution in [2.24, 2.45) is 0 Å². The predicted octanol–water partition coefficient (Wildman–Crippen LogP) is -4.52. The molecular weight excluding hydrogens is 813 g/mol. The SMILES string of the molecule is COC1C(O)C(COP(=O)(O)OP(O)(=S)OP(=O)(O)OCC2OC(n3cnc4c(=O)[nH]c(N)nc43)C(O)C2O)OC1N(C)c1nc(N)[nH]c(=O)c1[NH+](C)C. The lowest BCUT2D eigenvalue weighted by molar-refractivity contribution is -0.786. The number of methoxy groups -OCH3 is 1. The van der Waals surface area contributed by atoms with E-state index in [0.717, 1.165) is 10.9 Å². The van der Waals surface area contributed by atoms with Gasteiger partial charge in [-0.05, 0) is 11.8 Å². The Morgan fingerprint density at radius 1 is 0.944 bits per heavy atom. The van der Waals surface area contributed by atoms with Crippen LogP contribution in [0.5, 0.6) is 0 Å². The van der Waals surface area contributed by atoms with Crippen molar-refractivity contribution in [3.63, 3.8) is 0 Å². The van der Waals surface area contributed by atoms with Crippen LogP contribution in [0.15, 0.2) is 15.9 Å². The third-order valence-electron chi connectivity index (χ3n) is 8.00. The Morgan fingerprint density at radius 2 is 1.50 bits per heavy atom. The number of imidazole rings is 1. The Labute approximate surface area is 307 Å². The number of nitrogens with one attached hydrogen (secondary N) is 3. The molecular formula is C23H38N10O17P3S+. The molecule has 302 valence electrons. The number of quaternary nitrogens is 1. The molecule has 11 atom stereocenters. The molecule has 0 aromatic carbocycles. The summed E-state index contributed by atoms with van der Waals surface area (Å²) in [6.45, 7) is -7.04. The van der Waals surface area contributed by atoms with Crippen LogP contribution in [0.1, 0.15) is 6.23 Å². The van der Waals surface area contributed by atoms with E-state index >= 15 is 0 Å². The van der Waals surface area contributed by atoms with Crippen LogP contribution in [0, 0.1) is 0 Å². The predicted molar refractivity (Wildman–Crippen MR) is 184 cm³/mol. The molecule has 5 heterocycles. The lowest BCUT2D eigenvalue weighted by Gasteiger charge is -2.30. The smallest absolute Gasteiger partial charge is 0.387 e. The highest BCUT2D eigenvalue weighted by atomic mass is 32.5. The van der Waals surface area contributed by atoms with Crippen molar-refractivity contribution in [3.05, 3.63) is 27.0 Å². The Morgan fingerprint density at radius 3 is 2.07 bits per heavy atom. The molecule has 0 spiro atoms. The van der Waals surface area contributed by atoms with Gasteiger partial charge < -0.3 is 60.6 Å². The number of likely N-dealkylation sites (N-methyl/N-ethyl adjacent to an activating group) is 1. The third kappa shape index (κ3) is 9.07. The number of nitrogens with zero attached hydrogens (tertiary/aromatic N) is 5. The second kappa shape index (κ2) is 16.0. The maximum atomic E-state index is 12.7. The zero-order valence-corrected chi connectivity index (χ0v) is 31.9. The summed E-state index contributed by atoms with van der Waals surface area (Å²) in [7, 11) is -4.90. The van der Waals surface area contributed by atoms with E-state index in [4.69, 9.17) is 34.7 Å². The lowest BCUT2D eigenvalue weighted by Crippen LogP contribution is -3.01. The zero-order valence-electron chi connectivity index (χ0n) is 28.4. The first-order valence-corrected chi connectivity index (χ1v) is 20.9. The topological polar surface area (TPSA) is 389 Å². The van der Waals surface area contributed by atoms with Crippen molar-refractivity contribution in [1.29, 1.82) is 0 Å². The van der Waals surface area contributed by atoms with Crippen LogP contribution >= 0.6 is 22.4 Å². The normalized spacial score (nSPS) is 29.3. The molecule has 5 rings (SSSR count). The number of aliphatic hydroxyl groups excluding tert-OH is 3. The van der Waals surface area contributed by atoms with E-state index in [1.807, 2.05) is 0 Å². The monoisotopic (exact) mass is 851 g/mol. The molecule has 2 saturated heterocycles. The number of phosphoric ester groups is 2. The number of aliphatic hydroxyl groups is 3. The molecule has 3 aromatic rings. The van der Waals surface area contributed by atoms with Crippen LogP contribution in [0.2, 0.25) is 0 Å². The van der Waals surface area contributed by atoms with Gasteiger partial charge in [-0.2, -0.15) is 9.97 Å². The average Bonchev–Trinajstić information content (AvgIpc) is 3.69. The minimum absolute atomic E-state index is 0.0690. The molecule has 0 aliphatic carbocycles. The maximum Gasteiger partial charge on any atom is 0.479 e. The van der Waals surface area contributed by atoms with E-state index < -0.39 is 95.8 Å². The van der Waals surface area contributed by atoms with Gasteiger partial charge in [0.15, 0.2) is 23.6 Å². The summed E-state index contributed by atoms with van der Waals surface area (Å²) in [5.41, 5.74) is 9.93. The van der Waals surface area contributed by atoms with Crippen molar-refractivity contribution in [3.8, 4) is 0 Å². The number of H-pyrrole nitrogens is 2. The van der Waals surface area contributed by atoms with E-state index in [9.17, 15) is 48.7 Å². The lowest BCUT2D eigenvalue weighted by atomic mass is 10.1. The van der Waals surface area contributed by atoms with E-state index in [1.54, 1.807) is 14.1 Å². The summed E-state index contributed by atoms with van der Waals surface area (Å²) in [5, 5.41) is 32.0. The van der Waals surface area contributed by atoms with Crippen LogP contribution in [0.3, 0.4) is 0 Å². The molecule has 0 bridgehead atoms. The number of phosphoric acid groups is 2. The molecule has 11 unspecified atom stereocenters. The average molecular weight is 852 g/mol. The summed E-state index contributed by atoms with van der Waals surface area (Å²) in [5.74, 6) is -0.426. The van der Waals surface area contributed by atoms with E-state index in [0.29, 0.717) is 4.90 Å². The van der Waals surface area contributed by atoms with Gasteiger partial charge in [-0.3, -0.25) is 38.1 Å². The molecule has 27 nitrogen and oxygen atoms in total. The number of ether oxygens (including phenoxy) is 3. The first kappa shape index (κ1) is 42.3. The molecule has 2 aliphatic heterocycles. The van der Waals surface area contributed by atoms with Crippen LogP contribution in [-0.4, -0.2) is 144 Å². The van der Waals surface area contributed by atoms with Gasteiger partial charge >= 0.3 is 27.9 Å². The molecule has 0 amide bonds. The maximum absolute atomic E-state index is 12.7. The largest absolute Gasteiger partial charge is 0.479 e. The third-order valence-corrected chi connectivity index (χ3v) is 13.5. The Balaban J connectivity index is 1.18. The molecule has 13 N–H and O–H groups in total. The summed E-state index contributed by atoms with van der Waals surface area (Å²) < 4.78 is 61.7. The number of hydrogen-bond donors (Lipinski definition) is 11. The molecule has 3 aromatic heterocycles. The molecule has 0 saturated carbocycles. The number of aromatic amines is 2.